The second-order valence-corrected chi connectivity index (χ2v) is 19.5. The zero-order chi connectivity index (χ0) is 62.7. The zero-order valence-corrected chi connectivity index (χ0v) is 42.3. The van der Waals surface area contributed by atoms with E-state index in [1.165, 1.54) is 38.4 Å². The Hall–Kier alpha value is -8.19. The third-order valence-corrected chi connectivity index (χ3v) is 13.9. The van der Waals surface area contributed by atoms with E-state index in [1.54, 1.807) is 0 Å². The van der Waals surface area contributed by atoms with Gasteiger partial charge in [-0.3, -0.25) is 0 Å². The molecule has 85 heavy (non-hydrogen) atoms. The summed E-state index contributed by atoms with van der Waals surface area (Å²) in [5.74, 6) is 0. The SMILES string of the molecule is FC(F)(F)c1cc([B-](c2cc(C(F)(F)F)cc(C(F)(F)F)c2)(c2cc(C(F)(F)F)cc(C(F)(F)F)c2)c2cc(C(F)(F)F)cc(C(F)(F)F)c2)cc(C(F)(F)F)c1.c1ccc(C[n+]2ccc3ccccc3c2Cc2ccc3ccccc3c2)cc1. The average molecular weight is 1220 g/mol. The average Bonchev–Trinajstić information content (AvgIpc) is 0.965. The summed E-state index contributed by atoms with van der Waals surface area (Å²) in [6.45, 7) is 0.884. The first-order chi connectivity index (χ1) is 39.1. The Labute approximate surface area is 464 Å². The second-order valence-electron chi connectivity index (χ2n) is 19.5. The van der Waals surface area contributed by atoms with Gasteiger partial charge >= 0.3 is 49.4 Å². The molecule has 1 aromatic heterocycles. The zero-order valence-electron chi connectivity index (χ0n) is 42.3. The molecule has 0 amide bonds. The lowest BCUT2D eigenvalue weighted by Gasteiger charge is -2.46. The Kier molecular flexibility index (Phi) is 16.5. The van der Waals surface area contributed by atoms with Crippen LogP contribution < -0.4 is 26.4 Å². The first-order valence-electron chi connectivity index (χ1n) is 24.4. The van der Waals surface area contributed by atoms with Crippen LogP contribution in [0.25, 0.3) is 21.5 Å². The minimum Gasteiger partial charge on any atom is -0.197 e. The molecule has 1 heterocycles. The lowest BCUT2D eigenvalue weighted by atomic mass is 9.12. The number of benzene rings is 8. The number of fused-ring (bicyclic) bond motifs is 2. The third-order valence-electron chi connectivity index (χ3n) is 13.9. The number of pyridine rings is 1. The minimum absolute atomic E-state index is 0.691. The van der Waals surface area contributed by atoms with Crippen LogP contribution in [0.2, 0.25) is 0 Å². The summed E-state index contributed by atoms with van der Waals surface area (Å²) in [6, 6.07) is 28.2. The van der Waals surface area contributed by atoms with Gasteiger partial charge in [0.1, 0.15) is 6.15 Å². The fraction of sp³-hybridized carbons (Fsp3) is 0.169. The standard InChI is InChI=1S/C32H12BF24.C27H22N/c34-25(35,36)13-1-14(26(37,38)39)6-21(5-13)33(22-7-15(27(40,41)42)2-16(8-22)28(43,44)45,23-9-17(29(46,47)48)3-18(10-23)30(49,50)51)24-11-19(31(52,53)54)4-20(12-24)32(55,56)57;1-2-8-21(9-3-1)20-28-17-16-24-11-6-7-13-26(24)27(28)19-22-14-15-23-10-4-5-12-25(23)18-22/h1-12H;1-18H,19-20H2/q-1;+1. The van der Waals surface area contributed by atoms with Crippen molar-refractivity contribution in [3.8, 4) is 0 Å². The summed E-state index contributed by atoms with van der Waals surface area (Å²) < 4.78 is 343. The molecule has 0 aliphatic rings. The molecule has 9 aromatic rings. The maximum absolute atomic E-state index is 14.2. The van der Waals surface area contributed by atoms with Crippen LogP contribution in [0.3, 0.4) is 0 Å². The molecular formula is C59H34BF24N. The van der Waals surface area contributed by atoms with E-state index in [-0.39, 0.29) is 0 Å². The van der Waals surface area contributed by atoms with Crippen LogP contribution in [-0.2, 0) is 62.4 Å². The highest BCUT2D eigenvalue weighted by Crippen LogP contribution is 2.42. The van der Waals surface area contributed by atoms with Crippen molar-refractivity contribution in [1.29, 1.82) is 0 Å². The van der Waals surface area contributed by atoms with Crippen molar-refractivity contribution in [3.05, 3.63) is 243 Å². The Balaban J connectivity index is 0.000000276. The Morgan fingerprint density at radius 1 is 0.271 bits per heavy atom. The van der Waals surface area contributed by atoms with Crippen LogP contribution in [-0.4, -0.2) is 6.15 Å². The predicted molar refractivity (Wildman–Crippen MR) is 267 cm³/mol. The highest BCUT2D eigenvalue weighted by molar-refractivity contribution is 7.20. The van der Waals surface area contributed by atoms with Gasteiger partial charge in [-0.25, -0.2) is 0 Å². The molecule has 0 unspecified atom stereocenters. The van der Waals surface area contributed by atoms with Gasteiger partial charge in [-0.2, -0.15) is 132 Å². The van der Waals surface area contributed by atoms with E-state index in [1.807, 2.05) is 0 Å². The molecule has 0 fully saturated rings. The van der Waals surface area contributed by atoms with E-state index >= 15 is 0 Å². The number of alkyl halides is 24. The number of nitrogens with zero attached hydrogens (tertiary/aromatic N) is 1. The lowest BCUT2D eigenvalue weighted by Crippen LogP contribution is -2.75. The van der Waals surface area contributed by atoms with Crippen LogP contribution in [0.4, 0.5) is 105 Å². The van der Waals surface area contributed by atoms with Crippen LogP contribution in [0.15, 0.2) is 182 Å². The van der Waals surface area contributed by atoms with Crippen molar-refractivity contribution in [3.63, 3.8) is 0 Å². The topological polar surface area (TPSA) is 3.88 Å². The van der Waals surface area contributed by atoms with Crippen molar-refractivity contribution in [1.82, 2.24) is 0 Å². The van der Waals surface area contributed by atoms with Crippen molar-refractivity contribution < 1.29 is 110 Å². The molecule has 26 heteroatoms. The number of aromatic nitrogens is 1. The predicted octanol–water partition coefficient (Wildman–Crippen LogP) is 17.1. The molecule has 0 saturated heterocycles. The van der Waals surface area contributed by atoms with Crippen LogP contribution >= 0.6 is 0 Å². The summed E-state index contributed by atoms with van der Waals surface area (Å²) in [7, 11) is 0. The van der Waals surface area contributed by atoms with E-state index in [4.69, 9.17) is 0 Å². The maximum Gasteiger partial charge on any atom is 0.416 e. The minimum atomic E-state index is -6.13. The first-order valence-corrected chi connectivity index (χ1v) is 24.4. The van der Waals surface area contributed by atoms with Crippen molar-refractivity contribution in [2.75, 3.05) is 0 Å². The van der Waals surface area contributed by atoms with Gasteiger partial charge in [-0.05, 0) is 52.1 Å². The summed E-state index contributed by atoms with van der Waals surface area (Å²) in [6.07, 6.45) is -51.7. The molecule has 9 rings (SSSR count). The molecule has 446 valence electrons. The Morgan fingerprint density at radius 3 is 0.918 bits per heavy atom. The van der Waals surface area contributed by atoms with Gasteiger partial charge in [-0.1, -0.05) is 140 Å². The van der Waals surface area contributed by atoms with Gasteiger partial charge in [0.05, 0.1) is 50.9 Å². The van der Waals surface area contributed by atoms with Crippen LogP contribution in [0.5, 0.6) is 0 Å². The fourth-order valence-electron chi connectivity index (χ4n) is 10.1. The van der Waals surface area contributed by atoms with Gasteiger partial charge in [0.15, 0.2) is 18.4 Å². The molecule has 0 atom stereocenters. The van der Waals surface area contributed by atoms with Crippen molar-refractivity contribution in [2.45, 2.75) is 62.4 Å². The van der Waals surface area contributed by atoms with Crippen molar-refractivity contribution >= 4 is 49.5 Å². The molecule has 0 radical (unpaired) electrons. The Morgan fingerprint density at radius 2 is 0.576 bits per heavy atom. The van der Waals surface area contributed by atoms with E-state index in [0.717, 1.165) is 13.0 Å². The smallest absolute Gasteiger partial charge is 0.197 e. The molecule has 8 aromatic carbocycles. The molecule has 0 aliphatic heterocycles. The third kappa shape index (κ3) is 14.0. The molecule has 0 N–H and O–H groups in total. The molecular weight excluding hydrogens is 1190 g/mol. The highest BCUT2D eigenvalue weighted by Gasteiger charge is 2.47. The number of hydrogen-bond donors (Lipinski definition) is 0. The van der Waals surface area contributed by atoms with Crippen LogP contribution in [0, 0.1) is 0 Å². The van der Waals surface area contributed by atoms with Gasteiger partial charge in [0.25, 0.3) is 0 Å². The van der Waals surface area contributed by atoms with E-state index < -0.39 is 195 Å². The van der Waals surface area contributed by atoms with Gasteiger partial charge < -0.3 is 0 Å². The molecule has 1 nitrogen and oxygen atoms in total. The Bertz CT molecular complexity index is 3460. The van der Waals surface area contributed by atoms with E-state index in [0.29, 0.717) is 0 Å². The first kappa shape index (κ1) is 62.9. The van der Waals surface area contributed by atoms with Crippen LogP contribution in [0.1, 0.15) is 61.3 Å². The lowest BCUT2D eigenvalue weighted by molar-refractivity contribution is -0.693. The second kappa shape index (κ2) is 22.3. The molecule has 0 spiro atoms. The quantitative estimate of drug-likeness (QED) is 0.0811. The maximum atomic E-state index is 14.2. The molecule has 0 saturated carbocycles. The summed E-state index contributed by atoms with van der Waals surface area (Å²) in [5, 5.41) is 5.22. The van der Waals surface area contributed by atoms with E-state index in [2.05, 4.69) is 114 Å². The summed E-state index contributed by atoms with van der Waals surface area (Å²) >= 11 is 0. The summed E-state index contributed by atoms with van der Waals surface area (Å²) in [5.41, 5.74) is -26.2. The molecule has 0 bridgehead atoms. The van der Waals surface area contributed by atoms with Crippen molar-refractivity contribution in [2.24, 2.45) is 0 Å². The van der Waals surface area contributed by atoms with Gasteiger partial charge in [-0.15, -0.1) is 0 Å². The van der Waals surface area contributed by atoms with Gasteiger partial charge in [0, 0.05) is 17.0 Å². The highest BCUT2D eigenvalue weighted by atomic mass is 19.4. The summed E-state index contributed by atoms with van der Waals surface area (Å²) in [4.78, 5) is 0. The van der Waals surface area contributed by atoms with E-state index in [9.17, 15) is 105 Å². The number of hydrogen-bond acceptors (Lipinski definition) is 0. The normalized spacial score (nSPS) is 13.3. The number of halogens is 24. The monoisotopic (exact) mass is 1220 g/mol. The van der Waals surface area contributed by atoms with Gasteiger partial charge in [0.2, 0.25) is 0 Å². The number of rotatable bonds is 8. The largest absolute Gasteiger partial charge is 0.416 e. The fourth-order valence-corrected chi connectivity index (χ4v) is 10.1. The molecule has 0 aliphatic carbocycles.